The van der Waals surface area contributed by atoms with Crippen LogP contribution in [-0.2, 0) is 31.4 Å². The number of ether oxygens (including phenoxy) is 1. The van der Waals surface area contributed by atoms with Crippen LogP contribution in [0.1, 0.15) is 36.5 Å². The Morgan fingerprint density at radius 2 is 1.88 bits per heavy atom. The van der Waals surface area contributed by atoms with Crippen LogP contribution in [0.5, 0.6) is 0 Å². The molecule has 1 aromatic carbocycles. The molecule has 3 N–H and O–H groups in total. The zero-order chi connectivity index (χ0) is 24.6. The Hall–Kier alpha value is -3.25. The molecule has 0 bridgehead atoms. The fraction of sp³-hybridized carbons (Fsp3) is 0.429. The molecule has 1 aromatic heterocycles. The molecule has 12 heteroatoms. The minimum Gasteiger partial charge on any atom is -0.456 e. The van der Waals surface area contributed by atoms with Gasteiger partial charge in [-0.2, -0.15) is 0 Å². The molecular weight excluding hydrogens is 450 g/mol. The average Bonchev–Trinajstić information content (AvgIpc) is 3.10. The zero-order valence-corrected chi connectivity index (χ0v) is 19.9. The van der Waals surface area contributed by atoms with Gasteiger partial charge in [0.2, 0.25) is 0 Å². The first-order valence-electron chi connectivity index (χ1n) is 10.3. The summed E-state index contributed by atoms with van der Waals surface area (Å²) in [6, 6.07) is 6.48. The summed E-state index contributed by atoms with van der Waals surface area (Å²) in [5, 5.41) is 5.17. The Balaban J connectivity index is 1.81. The highest BCUT2D eigenvalue weighted by Gasteiger charge is 2.19. The number of hydrogen-bond acceptors (Lipinski definition) is 7. The molecule has 0 spiro atoms. The quantitative estimate of drug-likeness (QED) is 0.407. The number of nitrogens with one attached hydrogen (secondary N) is 3. The fourth-order valence-corrected chi connectivity index (χ4v) is 3.67. The van der Waals surface area contributed by atoms with E-state index < -0.39 is 28.5 Å². The van der Waals surface area contributed by atoms with E-state index in [9.17, 15) is 22.8 Å². The first-order chi connectivity index (χ1) is 15.5. The Bertz CT molecular complexity index is 1090. The maximum Gasteiger partial charge on any atom is 0.307 e. The van der Waals surface area contributed by atoms with Gasteiger partial charge in [0.15, 0.2) is 11.6 Å². The highest BCUT2D eigenvalue weighted by atomic mass is 32.2. The zero-order valence-electron chi connectivity index (χ0n) is 19.0. The van der Waals surface area contributed by atoms with Crippen LogP contribution in [0.3, 0.4) is 0 Å². The van der Waals surface area contributed by atoms with Crippen LogP contribution in [0.25, 0.3) is 0 Å². The van der Waals surface area contributed by atoms with Crippen molar-refractivity contribution in [3.63, 3.8) is 0 Å². The normalized spacial score (nSPS) is 11.3. The second kappa shape index (κ2) is 11.6. The number of rotatable bonds is 11. The van der Waals surface area contributed by atoms with Crippen LogP contribution in [0.4, 0.5) is 5.69 Å². The lowest BCUT2D eigenvalue weighted by atomic mass is 10.1. The first kappa shape index (κ1) is 26.0. The minimum atomic E-state index is -3.86. The van der Waals surface area contributed by atoms with Gasteiger partial charge in [-0.1, -0.05) is 26.0 Å². The van der Waals surface area contributed by atoms with Crippen molar-refractivity contribution in [1.82, 2.24) is 19.6 Å². The van der Waals surface area contributed by atoms with E-state index in [4.69, 9.17) is 4.74 Å². The number of aromatic nitrogens is 2. The molecule has 0 aliphatic rings. The molecule has 0 aliphatic carbocycles. The summed E-state index contributed by atoms with van der Waals surface area (Å²) in [4.78, 5) is 40.3. The van der Waals surface area contributed by atoms with Gasteiger partial charge >= 0.3 is 5.97 Å². The summed E-state index contributed by atoms with van der Waals surface area (Å²) in [6.45, 7) is 5.30. The van der Waals surface area contributed by atoms with Crippen LogP contribution in [0.15, 0.2) is 35.5 Å². The van der Waals surface area contributed by atoms with Crippen molar-refractivity contribution in [2.24, 2.45) is 13.0 Å². The average molecular weight is 480 g/mol. The highest BCUT2D eigenvalue weighted by molar-refractivity contribution is 7.89. The molecule has 0 fully saturated rings. The predicted octanol–water partition coefficient (Wildman–Crippen LogP) is 0.965. The van der Waals surface area contributed by atoms with Crippen LogP contribution in [0, 0.1) is 12.8 Å². The molecule has 0 saturated heterocycles. The van der Waals surface area contributed by atoms with E-state index in [1.807, 2.05) is 13.8 Å². The van der Waals surface area contributed by atoms with Crippen molar-refractivity contribution in [1.29, 1.82) is 0 Å². The van der Waals surface area contributed by atoms with Crippen molar-refractivity contribution < 1.29 is 27.5 Å². The summed E-state index contributed by atoms with van der Waals surface area (Å²) in [6.07, 6.45) is 1.09. The number of sulfonamides is 1. The van der Waals surface area contributed by atoms with Gasteiger partial charge in [-0.15, -0.1) is 0 Å². The van der Waals surface area contributed by atoms with Crippen molar-refractivity contribution >= 4 is 33.5 Å². The van der Waals surface area contributed by atoms with Crippen LogP contribution in [0.2, 0.25) is 0 Å². The second-order valence-corrected chi connectivity index (χ2v) is 9.46. The third-order valence-corrected chi connectivity index (χ3v) is 5.80. The number of hydrogen-bond donors (Lipinski definition) is 3. The van der Waals surface area contributed by atoms with Crippen LogP contribution < -0.4 is 15.4 Å². The summed E-state index contributed by atoms with van der Waals surface area (Å²) >= 11 is 0. The lowest BCUT2D eigenvalue weighted by molar-refractivity contribution is -0.147. The molecule has 180 valence electrons. The Labute approximate surface area is 193 Å². The monoisotopic (exact) mass is 479 g/mol. The molecule has 0 radical (unpaired) electrons. The predicted molar refractivity (Wildman–Crippen MR) is 121 cm³/mol. The number of aryl methyl sites for hydroxylation is 2. The Morgan fingerprint density at radius 1 is 1.18 bits per heavy atom. The van der Waals surface area contributed by atoms with E-state index in [-0.39, 0.29) is 35.4 Å². The summed E-state index contributed by atoms with van der Waals surface area (Å²) in [7, 11) is -2.19. The fourth-order valence-electron chi connectivity index (χ4n) is 2.60. The minimum absolute atomic E-state index is 0.147. The molecule has 0 atom stereocenters. The summed E-state index contributed by atoms with van der Waals surface area (Å²) in [5.74, 6) is -0.913. The van der Waals surface area contributed by atoms with E-state index in [2.05, 4.69) is 20.3 Å². The van der Waals surface area contributed by atoms with Crippen molar-refractivity contribution in [2.45, 2.75) is 32.2 Å². The summed E-state index contributed by atoms with van der Waals surface area (Å²) in [5.41, 5.74) is 0.579. The maximum absolute atomic E-state index is 12.3. The standard InChI is InChI=1S/C21H29N5O6S/c1-14(2)11-22-21(29)16-7-5-6-8-17(16)25-18(27)13-32-20(28)9-10-23-33(30,31)19-12-26(4)15(3)24-19/h5-8,12,14,23H,9-11,13H2,1-4H3,(H,22,29)(H,25,27). The van der Waals surface area contributed by atoms with E-state index in [1.165, 1.54) is 6.20 Å². The van der Waals surface area contributed by atoms with Gasteiger partial charge in [0.25, 0.3) is 21.8 Å². The molecule has 2 amide bonds. The number of esters is 1. The topological polar surface area (TPSA) is 148 Å². The van der Waals surface area contributed by atoms with Gasteiger partial charge < -0.3 is 19.9 Å². The smallest absolute Gasteiger partial charge is 0.307 e. The number of amides is 2. The molecule has 0 saturated carbocycles. The van der Waals surface area contributed by atoms with Gasteiger partial charge in [0.05, 0.1) is 17.7 Å². The molecule has 11 nitrogen and oxygen atoms in total. The third-order valence-electron chi connectivity index (χ3n) is 4.46. The second-order valence-electron chi connectivity index (χ2n) is 7.74. The van der Waals surface area contributed by atoms with Crippen molar-refractivity contribution in [3.05, 3.63) is 41.9 Å². The van der Waals surface area contributed by atoms with E-state index >= 15 is 0 Å². The molecule has 1 heterocycles. The number of carbonyl (C=O) groups excluding carboxylic acids is 3. The molecular formula is C21H29N5O6S. The van der Waals surface area contributed by atoms with Crippen LogP contribution in [-0.4, -0.2) is 55.4 Å². The maximum atomic E-state index is 12.3. The molecule has 33 heavy (non-hydrogen) atoms. The SMILES string of the molecule is Cc1nc(S(=O)(=O)NCCC(=O)OCC(=O)Nc2ccccc2C(=O)NCC(C)C)cn1C. The first-order valence-corrected chi connectivity index (χ1v) is 11.8. The molecule has 0 aliphatic heterocycles. The van der Waals surface area contributed by atoms with Crippen molar-refractivity contribution in [3.8, 4) is 0 Å². The van der Waals surface area contributed by atoms with E-state index in [1.54, 1.807) is 42.8 Å². The molecule has 2 aromatic rings. The molecule has 0 unspecified atom stereocenters. The van der Waals surface area contributed by atoms with Gasteiger partial charge in [0.1, 0.15) is 5.82 Å². The van der Waals surface area contributed by atoms with E-state index in [0.29, 0.717) is 18.1 Å². The largest absolute Gasteiger partial charge is 0.456 e. The van der Waals surface area contributed by atoms with Gasteiger partial charge in [-0.3, -0.25) is 14.4 Å². The third kappa shape index (κ3) is 7.99. The lowest BCUT2D eigenvalue weighted by Crippen LogP contribution is -2.29. The highest BCUT2D eigenvalue weighted by Crippen LogP contribution is 2.15. The molecule has 2 rings (SSSR count). The summed E-state index contributed by atoms with van der Waals surface area (Å²) < 4.78 is 33.1. The number of anilines is 1. The lowest BCUT2D eigenvalue weighted by Gasteiger charge is -2.12. The van der Waals surface area contributed by atoms with Gasteiger partial charge in [-0.05, 0) is 25.0 Å². The number of nitrogens with zero attached hydrogens (tertiary/aromatic N) is 2. The van der Waals surface area contributed by atoms with Gasteiger partial charge in [0, 0.05) is 26.3 Å². The number of benzene rings is 1. The Kier molecular flexibility index (Phi) is 9.12. The number of carbonyl (C=O) groups is 3. The number of imidazole rings is 1. The van der Waals surface area contributed by atoms with Gasteiger partial charge in [-0.25, -0.2) is 18.1 Å². The van der Waals surface area contributed by atoms with Crippen molar-refractivity contribution in [2.75, 3.05) is 25.0 Å². The number of para-hydroxylation sites is 1. The van der Waals surface area contributed by atoms with E-state index in [0.717, 1.165) is 0 Å². The Morgan fingerprint density at radius 3 is 2.52 bits per heavy atom. The van der Waals surface area contributed by atoms with Crippen LogP contribution >= 0.6 is 0 Å².